The van der Waals surface area contributed by atoms with E-state index < -0.39 is 0 Å². The van der Waals surface area contributed by atoms with Crippen molar-refractivity contribution in [1.29, 1.82) is 0 Å². The highest BCUT2D eigenvalue weighted by atomic mass is 35.5. The molecule has 2 heterocycles. The third-order valence-electron chi connectivity index (χ3n) is 4.97. The van der Waals surface area contributed by atoms with Gasteiger partial charge in [-0.15, -0.1) is 0 Å². The maximum Gasteiger partial charge on any atom is 0.193 e. The van der Waals surface area contributed by atoms with Crippen molar-refractivity contribution in [3.63, 3.8) is 0 Å². The molecule has 1 aromatic carbocycles. The largest absolute Gasteiger partial charge is 0.381 e. The first kappa shape index (κ1) is 16.6. The van der Waals surface area contributed by atoms with E-state index in [1.807, 2.05) is 19.2 Å². The van der Waals surface area contributed by atoms with Gasteiger partial charge in [0.05, 0.1) is 6.61 Å². The molecule has 0 saturated carbocycles. The molecule has 2 aliphatic heterocycles. The summed E-state index contributed by atoms with van der Waals surface area (Å²) in [6.45, 7) is 4.93. The maximum atomic E-state index is 5.91. The van der Waals surface area contributed by atoms with Gasteiger partial charge in [-0.2, -0.15) is 0 Å². The summed E-state index contributed by atoms with van der Waals surface area (Å²) in [5.41, 5.74) is 1.70. The van der Waals surface area contributed by atoms with Crippen LogP contribution in [0.25, 0.3) is 0 Å². The van der Waals surface area contributed by atoms with Crippen molar-refractivity contribution in [3.8, 4) is 0 Å². The highest BCUT2D eigenvalue weighted by molar-refractivity contribution is 6.30. The van der Waals surface area contributed by atoms with E-state index in [-0.39, 0.29) is 0 Å². The summed E-state index contributed by atoms with van der Waals surface area (Å²) in [5.74, 6) is 1.03. The van der Waals surface area contributed by atoms with Crippen molar-refractivity contribution in [2.45, 2.75) is 25.7 Å². The Morgan fingerprint density at radius 1 is 1.35 bits per heavy atom. The van der Waals surface area contributed by atoms with Gasteiger partial charge in [0.25, 0.3) is 0 Å². The molecule has 0 amide bonds. The summed E-state index contributed by atoms with van der Waals surface area (Å²) in [5, 5.41) is 4.31. The number of benzene rings is 1. The average Bonchev–Trinajstić information content (AvgIpc) is 3.20. The standard InChI is InChI=1S/C18H26ClN3O/c1-20-17(22-11-8-18(13-22)9-12-23-14-18)21-10-2-3-15-4-6-16(19)7-5-15/h4-7H,2-3,8-14H2,1H3,(H,20,21). The number of hydrogen-bond acceptors (Lipinski definition) is 2. The topological polar surface area (TPSA) is 36.9 Å². The van der Waals surface area contributed by atoms with Crippen molar-refractivity contribution >= 4 is 17.6 Å². The third-order valence-corrected chi connectivity index (χ3v) is 5.23. The van der Waals surface area contributed by atoms with E-state index in [1.54, 1.807) is 0 Å². The molecular weight excluding hydrogens is 310 g/mol. The summed E-state index contributed by atoms with van der Waals surface area (Å²) in [6.07, 6.45) is 4.55. The summed E-state index contributed by atoms with van der Waals surface area (Å²) >= 11 is 5.91. The number of ether oxygens (including phenoxy) is 1. The maximum absolute atomic E-state index is 5.91. The van der Waals surface area contributed by atoms with Crippen molar-refractivity contribution in [1.82, 2.24) is 10.2 Å². The van der Waals surface area contributed by atoms with Crippen LogP contribution in [0.3, 0.4) is 0 Å². The number of nitrogens with zero attached hydrogens (tertiary/aromatic N) is 2. The normalized spacial score (nSPS) is 24.6. The number of aryl methyl sites for hydroxylation is 1. The Labute approximate surface area is 143 Å². The first-order chi connectivity index (χ1) is 11.2. The summed E-state index contributed by atoms with van der Waals surface area (Å²) < 4.78 is 5.60. The van der Waals surface area contributed by atoms with Crippen LogP contribution in [0, 0.1) is 5.41 Å². The summed E-state index contributed by atoms with van der Waals surface area (Å²) in [7, 11) is 1.87. The number of guanidine groups is 1. The van der Waals surface area contributed by atoms with Crippen molar-refractivity contribution in [2.24, 2.45) is 10.4 Å². The van der Waals surface area contributed by atoms with Crippen LogP contribution in [0.2, 0.25) is 5.02 Å². The Bertz CT molecular complexity index is 538. The average molecular weight is 336 g/mol. The van der Waals surface area contributed by atoms with Gasteiger partial charge >= 0.3 is 0 Å². The Morgan fingerprint density at radius 3 is 2.87 bits per heavy atom. The molecule has 0 radical (unpaired) electrons. The molecule has 2 aliphatic rings. The van der Waals surface area contributed by atoms with Crippen LogP contribution in [-0.4, -0.2) is 50.8 Å². The summed E-state index contributed by atoms with van der Waals surface area (Å²) in [6, 6.07) is 8.11. The number of rotatable bonds is 4. The smallest absolute Gasteiger partial charge is 0.193 e. The van der Waals surface area contributed by atoms with Crippen molar-refractivity contribution in [3.05, 3.63) is 34.9 Å². The molecule has 126 valence electrons. The number of halogens is 1. The number of hydrogen-bond donors (Lipinski definition) is 1. The molecule has 2 fully saturated rings. The lowest BCUT2D eigenvalue weighted by molar-refractivity contribution is 0.156. The molecular formula is C18H26ClN3O. The zero-order chi connectivity index (χ0) is 16.1. The Kier molecular flexibility index (Phi) is 5.44. The van der Waals surface area contributed by atoms with E-state index >= 15 is 0 Å². The highest BCUT2D eigenvalue weighted by Gasteiger charge is 2.42. The second kappa shape index (κ2) is 7.54. The fourth-order valence-corrected chi connectivity index (χ4v) is 3.69. The van der Waals surface area contributed by atoms with Gasteiger partial charge in [0.2, 0.25) is 0 Å². The van der Waals surface area contributed by atoms with Gasteiger partial charge in [-0.25, -0.2) is 0 Å². The first-order valence-electron chi connectivity index (χ1n) is 8.49. The first-order valence-corrected chi connectivity index (χ1v) is 8.86. The molecule has 2 saturated heterocycles. The summed E-state index contributed by atoms with van der Waals surface area (Å²) in [4.78, 5) is 6.84. The minimum Gasteiger partial charge on any atom is -0.381 e. The molecule has 1 aromatic rings. The molecule has 1 atom stereocenters. The quantitative estimate of drug-likeness (QED) is 0.522. The second-order valence-corrected chi connectivity index (χ2v) is 7.11. The van der Waals surface area contributed by atoms with Crippen LogP contribution in [0.1, 0.15) is 24.8 Å². The molecule has 0 aromatic heterocycles. The molecule has 0 aliphatic carbocycles. The lowest BCUT2D eigenvalue weighted by atomic mass is 9.87. The van der Waals surface area contributed by atoms with Gasteiger partial charge in [-0.05, 0) is 43.4 Å². The fourth-order valence-electron chi connectivity index (χ4n) is 3.56. The molecule has 1 spiro atoms. The minimum absolute atomic E-state index is 0.376. The van der Waals surface area contributed by atoms with Crippen molar-refractivity contribution < 1.29 is 4.74 Å². The van der Waals surface area contributed by atoms with E-state index in [2.05, 4.69) is 27.3 Å². The van der Waals surface area contributed by atoms with Crippen LogP contribution in [-0.2, 0) is 11.2 Å². The van der Waals surface area contributed by atoms with Crippen LogP contribution < -0.4 is 5.32 Å². The van der Waals surface area contributed by atoms with Crippen LogP contribution >= 0.6 is 11.6 Å². The van der Waals surface area contributed by atoms with Gasteiger partial charge < -0.3 is 15.0 Å². The van der Waals surface area contributed by atoms with Gasteiger partial charge in [-0.1, -0.05) is 23.7 Å². The number of aliphatic imine (C=N–C) groups is 1. The molecule has 5 heteroatoms. The van der Waals surface area contributed by atoms with Gasteiger partial charge in [0.15, 0.2) is 5.96 Å². The van der Waals surface area contributed by atoms with Crippen LogP contribution in [0.4, 0.5) is 0 Å². The lowest BCUT2D eigenvalue weighted by Gasteiger charge is -2.25. The van der Waals surface area contributed by atoms with Gasteiger partial charge in [0, 0.05) is 43.7 Å². The Balaban J connectivity index is 1.42. The second-order valence-electron chi connectivity index (χ2n) is 6.68. The Morgan fingerprint density at radius 2 is 2.17 bits per heavy atom. The van der Waals surface area contributed by atoms with E-state index in [1.165, 1.54) is 18.4 Å². The Hall–Kier alpha value is -1.26. The number of likely N-dealkylation sites (tertiary alicyclic amines) is 1. The minimum atomic E-state index is 0.376. The highest BCUT2D eigenvalue weighted by Crippen LogP contribution is 2.38. The molecule has 1 N–H and O–H groups in total. The van der Waals surface area contributed by atoms with Gasteiger partial charge in [-0.3, -0.25) is 4.99 Å². The zero-order valence-corrected chi connectivity index (χ0v) is 14.6. The third kappa shape index (κ3) is 4.18. The van der Waals surface area contributed by atoms with E-state index in [0.29, 0.717) is 5.41 Å². The van der Waals surface area contributed by atoms with Gasteiger partial charge in [0.1, 0.15) is 0 Å². The molecule has 23 heavy (non-hydrogen) atoms. The lowest BCUT2D eigenvalue weighted by Crippen LogP contribution is -2.41. The van der Waals surface area contributed by atoms with Crippen LogP contribution in [0.5, 0.6) is 0 Å². The molecule has 0 bridgehead atoms. The predicted molar refractivity (Wildman–Crippen MR) is 95.2 cm³/mol. The molecule has 4 nitrogen and oxygen atoms in total. The fraction of sp³-hybridized carbons (Fsp3) is 0.611. The van der Waals surface area contributed by atoms with E-state index in [0.717, 1.165) is 56.7 Å². The molecule has 3 rings (SSSR count). The molecule has 1 unspecified atom stereocenters. The van der Waals surface area contributed by atoms with E-state index in [9.17, 15) is 0 Å². The monoisotopic (exact) mass is 335 g/mol. The SMILES string of the molecule is CN=C(NCCCc1ccc(Cl)cc1)N1CCC2(CCOC2)C1. The van der Waals surface area contributed by atoms with E-state index in [4.69, 9.17) is 16.3 Å². The zero-order valence-electron chi connectivity index (χ0n) is 13.9. The number of nitrogens with one attached hydrogen (secondary N) is 1. The van der Waals surface area contributed by atoms with Crippen molar-refractivity contribution in [2.75, 3.05) is 39.9 Å². The van der Waals surface area contributed by atoms with Crippen LogP contribution in [0.15, 0.2) is 29.3 Å². The predicted octanol–water partition coefficient (Wildman–Crippen LogP) is 2.96.